The Balaban J connectivity index is 1.54. The fourth-order valence-electron chi connectivity index (χ4n) is 3.34. The maximum absolute atomic E-state index is 12.5. The minimum atomic E-state index is -3.78. The Labute approximate surface area is 176 Å². The van der Waals surface area contributed by atoms with Gasteiger partial charge in [-0.05, 0) is 56.2 Å². The van der Waals surface area contributed by atoms with Crippen LogP contribution in [0.4, 0.5) is 5.69 Å². The normalized spacial score (nSPS) is 14.7. The van der Waals surface area contributed by atoms with E-state index in [2.05, 4.69) is 10.0 Å². The summed E-state index contributed by atoms with van der Waals surface area (Å²) in [4.78, 5) is 24.1. The molecular formula is C22H26N2O5S. The maximum Gasteiger partial charge on any atom is 0.338 e. The molecule has 0 heterocycles. The molecule has 0 atom stereocenters. The highest BCUT2D eigenvalue weighted by molar-refractivity contribution is 7.92. The zero-order chi connectivity index (χ0) is 21.6. The van der Waals surface area contributed by atoms with Crippen molar-refractivity contribution in [2.24, 2.45) is 0 Å². The molecule has 0 unspecified atom stereocenters. The monoisotopic (exact) mass is 430 g/mol. The predicted octanol–water partition coefficient (Wildman–Crippen LogP) is 3.40. The lowest BCUT2D eigenvalue weighted by molar-refractivity contribution is -0.125. The van der Waals surface area contributed by atoms with Gasteiger partial charge in [-0.25, -0.2) is 13.2 Å². The second-order valence-electron chi connectivity index (χ2n) is 7.47. The summed E-state index contributed by atoms with van der Waals surface area (Å²) in [5.74, 6) is -0.999. The van der Waals surface area contributed by atoms with Crippen LogP contribution >= 0.6 is 0 Å². The largest absolute Gasteiger partial charge is 0.452 e. The summed E-state index contributed by atoms with van der Waals surface area (Å²) in [6, 6.07) is 12.5. The van der Waals surface area contributed by atoms with E-state index in [1.165, 1.54) is 30.7 Å². The van der Waals surface area contributed by atoms with Crippen LogP contribution in [0, 0.1) is 6.92 Å². The number of carbonyl (C=O) groups is 2. The molecule has 1 fully saturated rings. The number of esters is 1. The zero-order valence-electron chi connectivity index (χ0n) is 16.9. The number of rotatable bonds is 7. The molecule has 30 heavy (non-hydrogen) atoms. The van der Waals surface area contributed by atoms with Gasteiger partial charge in [0, 0.05) is 11.7 Å². The summed E-state index contributed by atoms with van der Waals surface area (Å²) in [5, 5.41) is 2.88. The van der Waals surface area contributed by atoms with Crippen molar-refractivity contribution in [2.45, 2.75) is 50.0 Å². The molecule has 3 rings (SSSR count). The van der Waals surface area contributed by atoms with E-state index in [-0.39, 0.29) is 29.0 Å². The van der Waals surface area contributed by atoms with Gasteiger partial charge in [-0.2, -0.15) is 0 Å². The number of anilines is 1. The summed E-state index contributed by atoms with van der Waals surface area (Å²) < 4.78 is 32.5. The highest BCUT2D eigenvalue weighted by Gasteiger charge is 2.18. The Morgan fingerprint density at radius 3 is 2.23 bits per heavy atom. The van der Waals surface area contributed by atoms with E-state index in [1.54, 1.807) is 24.3 Å². The molecule has 0 aliphatic heterocycles. The van der Waals surface area contributed by atoms with Crippen LogP contribution in [0.1, 0.15) is 48.0 Å². The molecular weight excluding hydrogens is 404 g/mol. The van der Waals surface area contributed by atoms with E-state index in [4.69, 9.17) is 4.74 Å². The van der Waals surface area contributed by atoms with Gasteiger partial charge in [-0.3, -0.25) is 9.52 Å². The van der Waals surface area contributed by atoms with Crippen molar-refractivity contribution in [3.8, 4) is 0 Å². The van der Waals surface area contributed by atoms with E-state index < -0.39 is 16.0 Å². The number of nitrogens with one attached hydrogen (secondary N) is 2. The fraction of sp³-hybridized carbons (Fsp3) is 0.364. The quantitative estimate of drug-likeness (QED) is 0.656. The number of amides is 1. The number of carbonyl (C=O) groups excluding carboxylic acids is 2. The lowest BCUT2D eigenvalue weighted by atomic mass is 9.95. The summed E-state index contributed by atoms with van der Waals surface area (Å²) in [7, 11) is -3.78. The molecule has 1 saturated carbocycles. The summed E-state index contributed by atoms with van der Waals surface area (Å²) in [6.07, 6.45) is 5.28. The fourth-order valence-corrected chi connectivity index (χ4v) is 4.40. The van der Waals surface area contributed by atoms with Crippen LogP contribution in [0.5, 0.6) is 0 Å². The first-order chi connectivity index (χ1) is 14.3. The Morgan fingerprint density at radius 1 is 0.967 bits per heavy atom. The van der Waals surface area contributed by atoms with Gasteiger partial charge in [0.2, 0.25) is 0 Å². The molecule has 2 aromatic carbocycles. The van der Waals surface area contributed by atoms with Crippen LogP contribution in [-0.2, 0) is 19.6 Å². The average Bonchev–Trinajstić information content (AvgIpc) is 2.74. The van der Waals surface area contributed by atoms with Crippen molar-refractivity contribution in [3.63, 3.8) is 0 Å². The van der Waals surface area contributed by atoms with Crippen molar-refractivity contribution in [2.75, 3.05) is 11.3 Å². The molecule has 160 valence electrons. The number of sulfonamides is 1. The molecule has 0 saturated heterocycles. The van der Waals surface area contributed by atoms with E-state index in [1.807, 2.05) is 6.92 Å². The molecule has 0 bridgehead atoms. The standard InChI is InChI=1S/C22H26N2O5S/c1-16-7-11-19(12-8-16)24-30(27,28)20-13-9-17(10-14-20)22(26)29-15-21(25)23-18-5-3-2-4-6-18/h7-14,18,24H,2-6,15H2,1H3,(H,23,25). The van der Waals surface area contributed by atoms with Crippen molar-refractivity contribution in [1.29, 1.82) is 0 Å². The van der Waals surface area contributed by atoms with Gasteiger partial charge in [0.1, 0.15) is 0 Å². The Hall–Kier alpha value is -2.87. The Bertz CT molecular complexity index is 979. The van der Waals surface area contributed by atoms with Crippen molar-refractivity contribution >= 4 is 27.6 Å². The molecule has 0 spiro atoms. The zero-order valence-corrected chi connectivity index (χ0v) is 17.7. The first-order valence-electron chi connectivity index (χ1n) is 9.99. The number of hydrogen-bond donors (Lipinski definition) is 2. The Morgan fingerprint density at radius 2 is 1.60 bits per heavy atom. The molecule has 7 nitrogen and oxygen atoms in total. The maximum atomic E-state index is 12.5. The first kappa shape index (κ1) is 21.8. The molecule has 1 amide bonds. The third kappa shape index (κ3) is 6.06. The second kappa shape index (κ2) is 9.75. The van der Waals surface area contributed by atoms with Crippen LogP contribution in [-0.4, -0.2) is 32.9 Å². The second-order valence-corrected chi connectivity index (χ2v) is 9.16. The van der Waals surface area contributed by atoms with E-state index in [0.717, 1.165) is 31.2 Å². The molecule has 0 radical (unpaired) electrons. The van der Waals surface area contributed by atoms with E-state index in [0.29, 0.717) is 5.69 Å². The van der Waals surface area contributed by atoms with Gasteiger partial charge in [-0.15, -0.1) is 0 Å². The summed E-state index contributed by atoms with van der Waals surface area (Å²) in [5.41, 5.74) is 1.65. The molecule has 2 aromatic rings. The molecule has 2 N–H and O–H groups in total. The lowest BCUT2D eigenvalue weighted by Gasteiger charge is -2.22. The van der Waals surface area contributed by atoms with Gasteiger partial charge >= 0.3 is 5.97 Å². The Kier molecular flexibility index (Phi) is 7.10. The van der Waals surface area contributed by atoms with E-state index >= 15 is 0 Å². The number of ether oxygens (including phenoxy) is 1. The van der Waals surface area contributed by atoms with Crippen LogP contribution in [0.2, 0.25) is 0 Å². The lowest BCUT2D eigenvalue weighted by Crippen LogP contribution is -2.38. The topological polar surface area (TPSA) is 102 Å². The minimum Gasteiger partial charge on any atom is -0.452 e. The van der Waals surface area contributed by atoms with Crippen molar-refractivity contribution in [1.82, 2.24) is 5.32 Å². The predicted molar refractivity (Wildman–Crippen MR) is 114 cm³/mol. The highest BCUT2D eigenvalue weighted by Crippen LogP contribution is 2.18. The van der Waals surface area contributed by atoms with Crippen LogP contribution < -0.4 is 10.0 Å². The van der Waals surface area contributed by atoms with Gasteiger partial charge in [0.25, 0.3) is 15.9 Å². The van der Waals surface area contributed by atoms with Crippen LogP contribution in [0.3, 0.4) is 0 Å². The number of benzene rings is 2. The summed E-state index contributed by atoms with van der Waals surface area (Å²) in [6.45, 7) is 1.56. The van der Waals surface area contributed by atoms with Crippen molar-refractivity contribution < 1.29 is 22.7 Å². The first-order valence-corrected chi connectivity index (χ1v) is 11.5. The molecule has 0 aromatic heterocycles. The molecule has 1 aliphatic carbocycles. The minimum absolute atomic E-state index is 0.0228. The highest BCUT2D eigenvalue weighted by atomic mass is 32.2. The number of aryl methyl sites for hydroxylation is 1. The number of hydrogen-bond acceptors (Lipinski definition) is 5. The molecule has 1 aliphatic rings. The van der Waals surface area contributed by atoms with Gasteiger partial charge in [0.15, 0.2) is 6.61 Å². The van der Waals surface area contributed by atoms with Gasteiger partial charge < -0.3 is 10.1 Å². The van der Waals surface area contributed by atoms with Crippen LogP contribution in [0.15, 0.2) is 53.4 Å². The smallest absolute Gasteiger partial charge is 0.338 e. The molecule has 8 heteroatoms. The third-order valence-corrected chi connectivity index (χ3v) is 6.41. The van der Waals surface area contributed by atoms with Gasteiger partial charge in [-0.1, -0.05) is 37.0 Å². The SMILES string of the molecule is Cc1ccc(NS(=O)(=O)c2ccc(C(=O)OCC(=O)NC3CCCCC3)cc2)cc1. The van der Waals surface area contributed by atoms with Crippen molar-refractivity contribution in [3.05, 3.63) is 59.7 Å². The van der Waals surface area contributed by atoms with E-state index in [9.17, 15) is 18.0 Å². The van der Waals surface area contributed by atoms with Gasteiger partial charge in [0.05, 0.1) is 10.5 Å². The average molecular weight is 431 g/mol. The van der Waals surface area contributed by atoms with Crippen LogP contribution in [0.25, 0.3) is 0 Å². The third-order valence-electron chi connectivity index (χ3n) is 5.01. The summed E-state index contributed by atoms with van der Waals surface area (Å²) >= 11 is 0.